The predicted molar refractivity (Wildman–Crippen MR) is 56.5 cm³/mol. The van der Waals surface area contributed by atoms with Gasteiger partial charge in [0.15, 0.2) is 6.29 Å². The molecule has 0 aromatic carbocycles. The van der Waals surface area contributed by atoms with Crippen LogP contribution in [0.3, 0.4) is 0 Å². The molecule has 0 aliphatic carbocycles. The van der Waals surface area contributed by atoms with Gasteiger partial charge in [-0.05, 0) is 5.75 Å². The zero-order chi connectivity index (χ0) is 9.40. The van der Waals surface area contributed by atoms with E-state index >= 15 is 0 Å². The minimum Gasteiger partial charge on any atom is -0.366 e. The summed E-state index contributed by atoms with van der Waals surface area (Å²) < 4.78 is 10.7. The number of hydrogen-bond donors (Lipinski definition) is 1. The monoisotopic (exact) mass is 209 g/mol. The van der Waals surface area contributed by atoms with Crippen molar-refractivity contribution in [1.82, 2.24) is 5.32 Å². The zero-order valence-corrected chi connectivity index (χ0v) is 9.26. The molecule has 0 amide bonds. The van der Waals surface area contributed by atoms with E-state index in [4.69, 9.17) is 21.7 Å². The second-order valence-corrected chi connectivity index (χ2v) is 3.94. The molecule has 0 saturated carbocycles. The lowest BCUT2D eigenvalue weighted by molar-refractivity contribution is -0.0963. The van der Waals surface area contributed by atoms with Crippen LogP contribution in [0.5, 0.6) is 0 Å². The Labute approximate surface area is 83.2 Å². The fraction of sp³-hybridized carbons (Fsp3) is 0.857. The number of thiocarbonyl (C=S) groups is 1. The highest BCUT2D eigenvalue weighted by Crippen LogP contribution is 2.00. The molecule has 0 saturated heterocycles. The first-order valence-electron chi connectivity index (χ1n) is 3.70. The minimum absolute atomic E-state index is 0.222. The number of nitrogens with one attached hydrogen (secondary N) is 1. The minimum atomic E-state index is -0.222. The Morgan fingerprint density at radius 3 is 2.50 bits per heavy atom. The van der Waals surface area contributed by atoms with Gasteiger partial charge >= 0.3 is 0 Å². The van der Waals surface area contributed by atoms with Crippen LogP contribution in [0.15, 0.2) is 0 Å². The van der Waals surface area contributed by atoms with Gasteiger partial charge in [-0.15, -0.1) is 0 Å². The van der Waals surface area contributed by atoms with Crippen LogP contribution < -0.4 is 5.32 Å². The van der Waals surface area contributed by atoms with Gasteiger partial charge in [0.05, 0.1) is 6.54 Å². The maximum atomic E-state index is 5.01. The summed E-state index contributed by atoms with van der Waals surface area (Å²) in [6.45, 7) is 2.65. The van der Waals surface area contributed by atoms with Gasteiger partial charge in [0.2, 0.25) is 0 Å². The fourth-order valence-corrected chi connectivity index (χ4v) is 1.50. The van der Waals surface area contributed by atoms with Crippen LogP contribution in [0.4, 0.5) is 0 Å². The van der Waals surface area contributed by atoms with Crippen LogP contribution >= 0.6 is 24.0 Å². The smallest absolute Gasteiger partial charge is 0.173 e. The van der Waals surface area contributed by atoms with Gasteiger partial charge in [0.1, 0.15) is 4.32 Å². The first-order chi connectivity index (χ1) is 5.74. The topological polar surface area (TPSA) is 30.5 Å². The molecule has 72 valence electrons. The van der Waals surface area contributed by atoms with Gasteiger partial charge in [0, 0.05) is 14.2 Å². The Balaban J connectivity index is 3.44. The summed E-state index contributed by atoms with van der Waals surface area (Å²) in [6.07, 6.45) is -0.222. The van der Waals surface area contributed by atoms with Gasteiger partial charge in [-0.25, -0.2) is 0 Å². The van der Waals surface area contributed by atoms with Crippen molar-refractivity contribution in [3.8, 4) is 0 Å². The normalized spacial score (nSPS) is 10.3. The molecule has 0 heterocycles. The van der Waals surface area contributed by atoms with Gasteiger partial charge < -0.3 is 14.8 Å². The molecule has 0 radical (unpaired) electrons. The van der Waals surface area contributed by atoms with E-state index in [1.807, 2.05) is 0 Å². The van der Waals surface area contributed by atoms with Crippen LogP contribution in [-0.4, -0.2) is 37.1 Å². The molecule has 0 aromatic heterocycles. The molecule has 0 atom stereocenters. The summed E-state index contributed by atoms with van der Waals surface area (Å²) in [5.74, 6) is 0.983. The molecule has 5 heteroatoms. The maximum absolute atomic E-state index is 5.01. The lowest BCUT2D eigenvalue weighted by atomic mass is 10.6. The number of rotatable bonds is 5. The SMILES string of the molecule is CCSC(=S)NCC(OC)OC. The Bertz CT molecular complexity index is 129. The zero-order valence-electron chi connectivity index (χ0n) is 7.62. The van der Waals surface area contributed by atoms with Crippen LogP contribution in [0.1, 0.15) is 6.92 Å². The van der Waals surface area contributed by atoms with Crippen molar-refractivity contribution in [3.05, 3.63) is 0 Å². The number of ether oxygens (including phenoxy) is 2. The van der Waals surface area contributed by atoms with E-state index < -0.39 is 0 Å². The number of hydrogen-bond acceptors (Lipinski definition) is 4. The van der Waals surface area contributed by atoms with E-state index in [2.05, 4.69) is 12.2 Å². The molecule has 0 bridgehead atoms. The Morgan fingerprint density at radius 2 is 2.08 bits per heavy atom. The molecule has 0 rings (SSSR count). The molecule has 0 spiro atoms. The summed E-state index contributed by atoms with van der Waals surface area (Å²) >= 11 is 6.61. The van der Waals surface area contributed by atoms with E-state index in [9.17, 15) is 0 Å². The summed E-state index contributed by atoms with van der Waals surface area (Å²) in [4.78, 5) is 0. The Kier molecular flexibility index (Phi) is 7.89. The molecule has 0 fully saturated rings. The molecule has 0 aromatic rings. The number of thioether (sulfide) groups is 1. The Hall–Kier alpha value is 0.160. The molecule has 1 N–H and O–H groups in total. The molecule has 0 aliphatic heterocycles. The van der Waals surface area contributed by atoms with Gasteiger partial charge in [-0.3, -0.25) is 0 Å². The lowest BCUT2D eigenvalue weighted by Gasteiger charge is -2.14. The summed E-state index contributed by atoms with van der Waals surface area (Å²) in [5.41, 5.74) is 0. The van der Waals surface area contributed by atoms with E-state index in [0.29, 0.717) is 6.54 Å². The highest BCUT2D eigenvalue weighted by molar-refractivity contribution is 8.22. The van der Waals surface area contributed by atoms with Gasteiger partial charge in [0.25, 0.3) is 0 Å². The van der Waals surface area contributed by atoms with Crippen molar-refractivity contribution >= 4 is 28.3 Å². The average molecular weight is 209 g/mol. The summed E-state index contributed by atoms with van der Waals surface area (Å²) in [5, 5.41) is 3.03. The maximum Gasteiger partial charge on any atom is 0.173 e. The Morgan fingerprint density at radius 1 is 1.50 bits per heavy atom. The van der Waals surface area contributed by atoms with Crippen molar-refractivity contribution in [3.63, 3.8) is 0 Å². The molecular weight excluding hydrogens is 194 g/mol. The van der Waals surface area contributed by atoms with Gasteiger partial charge in [-0.2, -0.15) is 0 Å². The third-order valence-corrected chi connectivity index (χ3v) is 2.41. The first kappa shape index (κ1) is 12.2. The van der Waals surface area contributed by atoms with Crippen LogP contribution in [0.2, 0.25) is 0 Å². The fourth-order valence-electron chi connectivity index (χ4n) is 0.612. The van der Waals surface area contributed by atoms with Crippen molar-refractivity contribution in [1.29, 1.82) is 0 Å². The van der Waals surface area contributed by atoms with Crippen molar-refractivity contribution in [2.24, 2.45) is 0 Å². The van der Waals surface area contributed by atoms with Crippen molar-refractivity contribution < 1.29 is 9.47 Å². The van der Waals surface area contributed by atoms with Gasteiger partial charge in [-0.1, -0.05) is 30.9 Å². The first-order valence-corrected chi connectivity index (χ1v) is 5.10. The summed E-state index contributed by atoms with van der Waals surface area (Å²) in [6, 6.07) is 0. The average Bonchev–Trinajstić information content (AvgIpc) is 2.07. The third kappa shape index (κ3) is 5.77. The molecule has 12 heavy (non-hydrogen) atoms. The van der Waals surface area contributed by atoms with E-state index in [0.717, 1.165) is 10.1 Å². The molecule has 0 aliphatic rings. The van der Waals surface area contributed by atoms with Crippen molar-refractivity contribution in [2.45, 2.75) is 13.2 Å². The molecular formula is C7H15NO2S2. The van der Waals surface area contributed by atoms with E-state index in [-0.39, 0.29) is 6.29 Å². The molecule has 0 unspecified atom stereocenters. The third-order valence-electron chi connectivity index (χ3n) is 1.21. The van der Waals surface area contributed by atoms with Crippen LogP contribution in [-0.2, 0) is 9.47 Å². The second-order valence-electron chi connectivity index (χ2n) is 2.00. The van der Waals surface area contributed by atoms with Crippen molar-refractivity contribution in [2.75, 3.05) is 26.5 Å². The molecule has 3 nitrogen and oxygen atoms in total. The quantitative estimate of drug-likeness (QED) is 0.543. The van der Waals surface area contributed by atoms with E-state index in [1.165, 1.54) is 0 Å². The highest BCUT2D eigenvalue weighted by atomic mass is 32.2. The van der Waals surface area contributed by atoms with E-state index in [1.54, 1.807) is 26.0 Å². The second kappa shape index (κ2) is 7.79. The van der Waals surface area contributed by atoms with Crippen LogP contribution in [0, 0.1) is 0 Å². The van der Waals surface area contributed by atoms with Crippen LogP contribution in [0.25, 0.3) is 0 Å². The predicted octanol–water partition coefficient (Wildman–Crippen LogP) is 1.23. The standard InChI is InChI=1S/C7H15NO2S2/c1-4-12-7(11)8-5-6(9-2)10-3/h6H,4-5H2,1-3H3,(H,8,11). The highest BCUT2D eigenvalue weighted by Gasteiger charge is 2.04. The lowest BCUT2D eigenvalue weighted by Crippen LogP contribution is -2.31. The largest absolute Gasteiger partial charge is 0.366 e. The summed E-state index contributed by atoms with van der Waals surface area (Å²) in [7, 11) is 3.21. The number of methoxy groups -OCH3 is 2.